The van der Waals surface area contributed by atoms with Crippen LogP contribution >= 0.6 is 0 Å². The molecule has 0 radical (unpaired) electrons. The van der Waals surface area contributed by atoms with E-state index in [-0.39, 0.29) is 23.9 Å². The van der Waals surface area contributed by atoms with Gasteiger partial charge in [-0.15, -0.1) is 0 Å². The van der Waals surface area contributed by atoms with Crippen molar-refractivity contribution in [3.63, 3.8) is 0 Å². The van der Waals surface area contributed by atoms with Crippen molar-refractivity contribution in [3.05, 3.63) is 48.3 Å². The van der Waals surface area contributed by atoms with Crippen molar-refractivity contribution in [3.8, 4) is 5.75 Å². The summed E-state index contributed by atoms with van der Waals surface area (Å²) in [6.07, 6.45) is 1.41. The lowest BCUT2D eigenvalue weighted by atomic mass is 10.2. The Kier molecular flexibility index (Phi) is 6.58. The van der Waals surface area contributed by atoms with Gasteiger partial charge in [0.25, 0.3) is 10.0 Å². The number of aromatic amines is 1. The van der Waals surface area contributed by atoms with Crippen LogP contribution in [0.4, 0.5) is 5.69 Å². The quantitative estimate of drug-likeness (QED) is 0.408. The lowest BCUT2D eigenvalue weighted by Crippen LogP contribution is -2.27. The third-order valence-corrected chi connectivity index (χ3v) is 6.02. The number of sulfonamides is 1. The van der Waals surface area contributed by atoms with Gasteiger partial charge in [-0.05, 0) is 31.2 Å². The van der Waals surface area contributed by atoms with Gasteiger partial charge in [0.05, 0.1) is 24.4 Å². The molecule has 1 N–H and O–H groups in total. The predicted octanol–water partition coefficient (Wildman–Crippen LogP) is 2.59. The van der Waals surface area contributed by atoms with Gasteiger partial charge in [-0.2, -0.15) is 8.42 Å². The number of carbonyl (C=O) groups excluding carboxylic acids is 1. The molecular formula is C20H23N3O6S. The molecule has 2 aromatic heterocycles. The number of nitrogens with one attached hydrogen (secondary N) is 1. The van der Waals surface area contributed by atoms with Gasteiger partial charge >= 0.3 is 5.97 Å². The average Bonchev–Trinajstić information content (AvgIpc) is 3.18. The van der Waals surface area contributed by atoms with E-state index >= 15 is 0 Å². The first-order valence-electron chi connectivity index (χ1n) is 9.24. The number of carbonyl (C=O) groups is 1. The molecule has 0 atom stereocenters. The minimum absolute atomic E-state index is 0.0940. The van der Waals surface area contributed by atoms with Crippen molar-refractivity contribution in [2.75, 3.05) is 38.3 Å². The molecule has 2 heterocycles. The molecular weight excluding hydrogens is 410 g/mol. The van der Waals surface area contributed by atoms with E-state index in [9.17, 15) is 13.2 Å². The summed E-state index contributed by atoms with van der Waals surface area (Å²) >= 11 is 0. The van der Waals surface area contributed by atoms with Gasteiger partial charge in [0.15, 0.2) is 5.03 Å². The van der Waals surface area contributed by atoms with Gasteiger partial charge in [-0.25, -0.2) is 9.78 Å². The van der Waals surface area contributed by atoms with E-state index in [2.05, 4.69) is 9.97 Å². The highest BCUT2D eigenvalue weighted by molar-refractivity contribution is 7.92. The summed E-state index contributed by atoms with van der Waals surface area (Å²) < 4.78 is 43.0. The maximum atomic E-state index is 13.1. The van der Waals surface area contributed by atoms with E-state index in [4.69, 9.17) is 14.2 Å². The van der Waals surface area contributed by atoms with Gasteiger partial charge < -0.3 is 19.2 Å². The van der Waals surface area contributed by atoms with Gasteiger partial charge in [0, 0.05) is 31.8 Å². The second kappa shape index (κ2) is 9.14. The summed E-state index contributed by atoms with van der Waals surface area (Å²) in [5.74, 6) is -0.0937. The van der Waals surface area contributed by atoms with E-state index in [0.29, 0.717) is 28.9 Å². The van der Waals surface area contributed by atoms with Gasteiger partial charge in [-0.3, -0.25) is 4.31 Å². The molecule has 0 aliphatic heterocycles. The Morgan fingerprint density at radius 3 is 2.67 bits per heavy atom. The number of rotatable bonds is 9. The lowest BCUT2D eigenvalue weighted by Gasteiger charge is -2.20. The number of hydrogen-bond donors (Lipinski definition) is 1. The Hall–Kier alpha value is -3.11. The molecule has 3 rings (SSSR count). The molecule has 0 amide bonds. The fourth-order valence-corrected chi connectivity index (χ4v) is 3.99. The van der Waals surface area contributed by atoms with Crippen LogP contribution in [0.5, 0.6) is 5.75 Å². The minimum atomic E-state index is -3.94. The molecule has 1 aromatic carbocycles. The van der Waals surface area contributed by atoms with E-state index in [0.717, 1.165) is 4.31 Å². The number of pyridine rings is 1. The number of hydrogen-bond acceptors (Lipinski definition) is 7. The molecule has 0 aliphatic carbocycles. The molecule has 9 nitrogen and oxygen atoms in total. The highest BCUT2D eigenvalue weighted by Gasteiger charge is 2.26. The Bertz CT molecular complexity index is 1130. The van der Waals surface area contributed by atoms with Crippen LogP contribution in [0.1, 0.15) is 17.4 Å². The molecule has 0 unspecified atom stereocenters. The largest absolute Gasteiger partial charge is 0.491 e. The zero-order valence-electron chi connectivity index (χ0n) is 16.9. The second-order valence-electron chi connectivity index (χ2n) is 6.29. The van der Waals surface area contributed by atoms with Crippen LogP contribution in [0.15, 0.2) is 47.6 Å². The van der Waals surface area contributed by atoms with Crippen LogP contribution in [-0.4, -0.2) is 58.3 Å². The number of methoxy groups -OCH3 is 1. The predicted molar refractivity (Wildman–Crippen MR) is 111 cm³/mol. The molecule has 3 aromatic rings. The van der Waals surface area contributed by atoms with E-state index < -0.39 is 16.0 Å². The first-order chi connectivity index (χ1) is 14.4. The van der Waals surface area contributed by atoms with Crippen LogP contribution in [-0.2, 0) is 19.5 Å². The topological polar surface area (TPSA) is 111 Å². The number of esters is 1. The van der Waals surface area contributed by atoms with Crippen molar-refractivity contribution in [1.29, 1.82) is 0 Å². The van der Waals surface area contributed by atoms with Crippen LogP contribution in [0.25, 0.3) is 10.9 Å². The average molecular weight is 433 g/mol. The zero-order valence-corrected chi connectivity index (χ0v) is 17.7. The standard InChI is InChI=1S/C20H23N3O6S/c1-4-28-20(24)16-12-14-11-15(29-10-9-27-3)13-17(19(14)22-16)23(2)30(25,26)18-7-5-6-8-21-18/h5-8,11-13,22H,4,9-10H2,1-3H3. The van der Waals surface area contributed by atoms with E-state index in [1.54, 1.807) is 44.4 Å². The molecule has 0 spiro atoms. The first-order valence-corrected chi connectivity index (χ1v) is 10.7. The van der Waals surface area contributed by atoms with Gasteiger partial charge in [0.1, 0.15) is 18.1 Å². The normalized spacial score (nSPS) is 11.4. The van der Waals surface area contributed by atoms with Gasteiger partial charge in [-0.1, -0.05) is 6.07 Å². The SMILES string of the molecule is CCOC(=O)c1cc2cc(OCCOC)cc(N(C)S(=O)(=O)c3ccccn3)c2[nH]1. The van der Waals surface area contributed by atoms with E-state index in [1.165, 1.54) is 19.3 Å². The molecule has 30 heavy (non-hydrogen) atoms. The minimum Gasteiger partial charge on any atom is -0.491 e. The highest BCUT2D eigenvalue weighted by Crippen LogP contribution is 2.34. The second-order valence-corrected chi connectivity index (χ2v) is 8.21. The number of ether oxygens (including phenoxy) is 3. The summed E-state index contributed by atoms with van der Waals surface area (Å²) in [5, 5.41) is 0.509. The lowest BCUT2D eigenvalue weighted by molar-refractivity contribution is 0.0520. The van der Waals surface area contributed by atoms with Crippen molar-refractivity contribution in [2.24, 2.45) is 0 Å². The summed E-state index contributed by atoms with van der Waals surface area (Å²) in [6, 6.07) is 9.56. The Balaban J connectivity index is 2.11. The first kappa shape index (κ1) is 21.6. The molecule has 0 fully saturated rings. The smallest absolute Gasteiger partial charge is 0.354 e. The summed E-state index contributed by atoms with van der Waals surface area (Å²) in [7, 11) is -0.963. The maximum Gasteiger partial charge on any atom is 0.354 e. The van der Waals surface area contributed by atoms with Crippen LogP contribution < -0.4 is 9.04 Å². The van der Waals surface area contributed by atoms with Crippen molar-refractivity contribution in [2.45, 2.75) is 11.9 Å². The monoisotopic (exact) mass is 433 g/mol. The molecule has 160 valence electrons. The van der Waals surface area contributed by atoms with E-state index in [1.807, 2.05) is 0 Å². The number of benzene rings is 1. The Morgan fingerprint density at radius 1 is 1.20 bits per heavy atom. The third-order valence-electron chi connectivity index (χ3n) is 4.33. The Morgan fingerprint density at radius 2 is 2.00 bits per heavy atom. The number of H-pyrrole nitrogens is 1. The third kappa shape index (κ3) is 4.39. The molecule has 0 aliphatic rings. The van der Waals surface area contributed by atoms with Crippen molar-refractivity contribution in [1.82, 2.24) is 9.97 Å². The van der Waals surface area contributed by atoms with Gasteiger partial charge in [0.2, 0.25) is 0 Å². The summed E-state index contributed by atoms with van der Waals surface area (Å²) in [4.78, 5) is 19.1. The maximum absolute atomic E-state index is 13.1. The number of fused-ring (bicyclic) bond motifs is 1. The zero-order chi connectivity index (χ0) is 21.7. The number of aromatic nitrogens is 2. The van der Waals surface area contributed by atoms with Crippen molar-refractivity contribution < 1.29 is 27.4 Å². The Labute approximate surface area is 174 Å². The van der Waals surface area contributed by atoms with Crippen molar-refractivity contribution >= 4 is 32.6 Å². The fourth-order valence-electron chi connectivity index (χ4n) is 2.86. The fraction of sp³-hybridized carbons (Fsp3) is 0.300. The number of nitrogens with zero attached hydrogens (tertiary/aromatic N) is 2. The number of anilines is 1. The van der Waals surface area contributed by atoms with Crippen LogP contribution in [0.2, 0.25) is 0 Å². The van der Waals surface area contributed by atoms with Crippen LogP contribution in [0, 0.1) is 0 Å². The summed E-state index contributed by atoms with van der Waals surface area (Å²) in [6.45, 7) is 2.59. The molecule has 0 bridgehead atoms. The van der Waals surface area contributed by atoms with Crippen LogP contribution in [0.3, 0.4) is 0 Å². The molecule has 0 saturated heterocycles. The highest BCUT2D eigenvalue weighted by atomic mass is 32.2. The molecule has 10 heteroatoms. The molecule has 0 saturated carbocycles. The summed E-state index contributed by atoms with van der Waals surface area (Å²) in [5.41, 5.74) is 0.978.